The Bertz CT molecular complexity index is 123. The van der Waals surface area contributed by atoms with E-state index in [1.54, 1.807) is 0 Å². The molecule has 0 aromatic rings. The van der Waals surface area contributed by atoms with E-state index in [9.17, 15) is 0 Å². The smallest absolute Gasteiger partial charge is 0.0110 e. The quantitative estimate of drug-likeness (QED) is 0.687. The lowest BCUT2D eigenvalue weighted by Gasteiger charge is -2.21. The molecule has 0 radical (unpaired) electrons. The summed E-state index contributed by atoms with van der Waals surface area (Å²) in [6, 6.07) is 1.45. The molecule has 2 heteroatoms. The molecule has 1 heterocycles. The molecule has 0 aliphatic carbocycles. The van der Waals surface area contributed by atoms with E-state index in [0.29, 0.717) is 6.04 Å². The molecule has 1 unspecified atom stereocenters. The fraction of sp³-hybridized carbons (Fsp3) is 1.00. The molecule has 72 valence electrons. The van der Waals surface area contributed by atoms with E-state index in [2.05, 4.69) is 31.0 Å². The first-order valence-electron chi connectivity index (χ1n) is 5.17. The summed E-state index contributed by atoms with van der Waals surface area (Å²) in [5.74, 6) is 0. The maximum absolute atomic E-state index is 3.45. The van der Waals surface area contributed by atoms with Gasteiger partial charge in [-0.05, 0) is 26.3 Å². The first-order chi connectivity index (χ1) is 5.70. The molecule has 0 aromatic heterocycles. The van der Waals surface area contributed by atoms with E-state index in [1.165, 1.54) is 25.9 Å². The predicted molar refractivity (Wildman–Crippen MR) is 53.4 cm³/mol. The largest absolute Gasteiger partial charge is 0.313 e. The summed E-state index contributed by atoms with van der Waals surface area (Å²) in [7, 11) is 0. The zero-order valence-electron chi connectivity index (χ0n) is 8.64. The molecule has 1 N–H and O–H groups in total. The molecular formula is C10H22N2. The minimum Gasteiger partial charge on any atom is -0.313 e. The van der Waals surface area contributed by atoms with Crippen molar-refractivity contribution in [3.05, 3.63) is 0 Å². The third-order valence-corrected chi connectivity index (χ3v) is 2.64. The van der Waals surface area contributed by atoms with Crippen molar-refractivity contribution in [3.63, 3.8) is 0 Å². The predicted octanol–water partition coefficient (Wildman–Crippen LogP) is 1.47. The van der Waals surface area contributed by atoms with Crippen molar-refractivity contribution >= 4 is 0 Å². The zero-order chi connectivity index (χ0) is 8.97. The van der Waals surface area contributed by atoms with Crippen LogP contribution in [0.2, 0.25) is 0 Å². The van der Waals surface area contributed by atoms with Gasteiger partial charge in [-0.15, -0.1) is 0 Å². The molecule has 1 rings (SSSR count). The average Bonchev–Trinajstić information content (AvgIpc) is 2.36. The van der Waals surface area contributed by atoms with Crippen LogP contribution in [0.1, 0.15) is 33.6 Å². The third kappa shape index (κ3) is 3.11. The van der Waals surface area contributed by atoms with Crippen LogP contribution in [-0.4, -0.2) is 36.6 Å². The lowest BCUT2D eigenvalue weighted by molar-refractivity contribution is 0.266. The Balaban J connectivity index is 2.06. The summed E-state index contributed by atoms with van der Waals surface area (Å²) >= 11 is 0. The van der Waals surface area contributed by atoms with Crippen LogP contribution in [0, 0.1) is 0 Å². The van der Waals surface area contributed by atoms with Crippen LogP contribution in [0.4, 0.5) is 0 Å². The Morgan fingerprint density at radius 1 is 1.50 bits per heavy atom. The van der Waals surface area contributed by atoms with E-state index in [1.807, 2.05) is 0 Å². The molecule has 1 aliphatic rings. The molecule has 2 nitrogen and oxygen atoms in total. The van der Waals surface area contributed by atoms with Crippen LogP contribution in [0.15, 0.2) is 0 Å². The van der Waals surface area contributed by atoms with Gasteiger partial charge >= 0.3 is 0 Å². The summed E-state index contributed by atoms with van der Waals surface area (Å²) in [4.78, 5) is 2.58. The van der Waals surface area contributed by atoms with Gasteiger partial charge in [0.25, 0.3) is 0 Å². The Labute approximate surface area is 76.3 Å². The van der Waals surface area contributed by atoms with Crippen molar-refractivity contribution in [1.29, 1.82) is 0 Å². The second-order valence-corrected chi connectivity index (χ2v) is 4.14. The van der Waals surface area contributed by atoms with Crippen LogP contribution in [0.3, 0.4) is 0 Å². The molecular weight excluding hydrogens is 148 g/mol. The van der Waals surface area contributed by atoms with E-state index in [-0.39, 0.29) is 0 Å². The van der Waals surface area contributed by atoms with Gasteiger partial charge in [-0.2, -0.15) is 0 Å². The van der Waals surface area contributed by atoms with Crippen molar-refractivity contribution < 1.29 is 0 Å². The summed E-state index contributed by atoms with van der Waals surface area (Å²) in [6.45, 7) is 10.4. The zero-order valence-corrected chi connectivity index (χ0v) is 8.64. The topological polar surface area (TPSA) is 15.3 Å². The summed E-state index contributed by atoms with van der Waals surface area (Å²) in [5.41, 5.74) is 0. The molecule has 12 heavy (non-hydrogen) atoms. The Kier molecular flexibility index (Phi) is 4.02. The van der Waals surface area contributed by atoms with E-state index in [4.69, 9.17) is 0 Å². The monoisotopic (exact) mass is 170 g/mol. The van der Waals surface area contributed by atoms with Crippen LogP contribution in [0.5, 0.6) is 0 Å². The van der Waals surface area contributed by atoms with Gasteiger partial charge in [0.05, 0.1) is 0 Å². The Morgan fingerprint density at radius 3 is 2.75 bits per heavy atom. The second-order valence-electron chi connectivity index (χ2n) is 4.14. The maximum atomic E-state index is 3.45. The number of rotatable bonds is 4. The molecule has 0 amide bonds. The van der Waals surface area contributed by atoms with Gasteiger partial charge in [0.15, 0.2) is 0 Å². The Morgan fingerprint density at radius 2 is 2.25 bits per heavy atom. The fourth-order valence-corrected chi connectivity index (χ4v) is 1.82. The van der Waals surface area contributed by atoms with E-state index < -0.39 is 0 Å². The highest BCUT2D eigenvalue weighted by atomic mass is 15.2. The minimum absolute atomic E-state index is 0.628. The van der Waals surface area contributed by atoms with Crippen molar-refractivity contribution in [2.45, 2.75) is 45.7 Å². The average molecular weight is 170 g/mol. The van der Waals surface area contributed by atoms with Gasteiger partial charge in [0.1, 0.15) is 0 Å². The van der Waals surface area contributed by atoms with E-state index in [0.717, 1.165) is 12.6 Å². The lowest BCUT2D eigenvalue weighted by Crippen LogP contribution is -2.36. The number of hydrogen-bond acceptors (Lipinski definition) is 2. The Hall–Kier alpha value is -0.0800. The molecule has 1 saturated heterocycles. The standard InChI is InChI=1S/C10H22N2/c1-9(2)11-6-8-12-7-4-5-10(12)3/h9-11H,4-8H2,1-3H3. The first-order valence-corrected chi connectivity index (χ1v) is 5.17. The first kappa shape index (κ1) is 10.0. The highest BCUT2D eigenvalue weighted by Crippen LogP contribution is 2.14. The van der Waals surface area contributed by atoms with Gasteiger partial charge in [0.2, 0.25) is 0 Å². The molecule has 0 spiro atoms. The van der Waals surface area contributed by atoms with Crippen molar-refractivity contribution in [2.75, 3.05) is 19.6 Å². The molecule has 1 fully saturated rings. The third-order valence-electron chi connectivity index (χ3n) is 2.64. The highest BCUT2D eigenvalue weighted by Gasteiger charge is 2.18. The van der Waals surface area contributed by atoms with Crippen LogP contribution in [0.25, 0.3) is 0 Å². The molecule has 1 atom stereocenters. The van der Waals surface area contributed by atoms with Crippen LogP contribution in [-0.2, 0) is 0 Å². The van der Waals surface area contributed by atoms with Gasteiger partial charge < -0.3 is 5.32 Å². The van der Waals surface area contributed by atoms with Crippen LogP contribution >= 0.6 is 0 Å². The normalized spacial score (nSPS) is 25.5. The minimum atomic E-state index is 0.628. The van der Waals surface area contributed by atoms with E-state index >= 15 is 0 Å². The molecule has 1 aliphatic heterocycles. The number of nitrogens with one attached hydrogen (secondary N) is 1. The summed E-state index contributed by atoms with van der Waals surface area (Å²) in [5, 5.41) is 3.45. The molecule has 0 saturated carbocycles. The van der Waals surface area contributed by atoms with Crippen molar-refractivity contribution in [2.24, 2.45) is 0 Å². The van der Waals surface area contributed by atoms with Gasteiger partial charge in [0, 0.05) is 25.2 Å². The van der Waals surface area contributed by atoms with Crippen molar-refractivity contribution in [1.82, 2.24) is 10.2 Å². The van der Waals surface area contributed by atoms with Crippen molar-refractivity contribution in [3.8, 4) is 0 Å². The summed E-state index contributed by atoms with van der Waals surface area (Å²) < 4.78 is 0. The SMILES string of the molecule is CC(C)NCCN1CCCC1C. The van der Waals surface area contributed by atoms with Gasteiger partial charge in [-0.1, -0.05) is 13.8 Å². The number of hydrogen-bond donors (Lipinski definition) is 1. The lowest BCUT2D eigenvalue weighted by atomic mass is 10.2. The van der Waals surface area contributed by atoms with Gasteiger partial charge in [-0.3, -0.25) is 4.90 Å². The fourth-order valence-electron chi connectivity index (χ4n) is 1.82. The molecule has 0 bridgehead atoms. The molecule has 0 aromatic carbocycles. The van der Waals surface area contributed by atoms with Crippen LogP contribution < -0.4 is 5.32 Å². The maximum Gasteiger partial charge on any atom is 0.0110 e. The number of nitrogens with zero attached hydrogens (tertiary/aromatic N) is 1. The van der Waals surface area contributed by atoms with Gasteiger partial charge in [-0.25, -0.2) is 0 Å². The second kappa shape index (κ2) is 4.83. The highest BCUT2D eigenvalue weighted by molar-refractivity contribution is 4.75. The number of likely N-dealkylation sites (tertiary alicyclic amines) is 1. The summed E-state index contributed by atoms with van der Waals surface area (Å²) in [6.07, 6.45) is 2.78.